The molecule has 2 aliphatic rings. The van der Waals surface area contributed by atoms with Crippen molar-refractivity contribution >= 4 is 18.3 Å². The summed E-state index contributed by atoms with van der Waals surface area (Å²) in [5.74, 6) is 1.20. The molecule has 0 bridgehead atoms. The lowest BCUT2D eigenvalue weighted by atomic mass is 10.0. The molecule has 0 unspecified atom stereocenters. The monoisotopic (exact) mass is 392 g/mol. The van der Waals surface area contributed by atoms with Crippen molar-refractivity contribution in [2.24, 2.45) is 5.92 Å². The first-order valence-corrected chi connectivity index (χ1v) is 9.42. The van der Waals surface area contributed by atoms with Gasteiger partial charge in [-0.3, -0.25) is 9.78 Å². The van der Waals surface area contributed by atoms with E-state index in [-0.39, 0.29) is 36.2 Å². The molecule has 0 spiro atoms. The number of halogens is 1. The summed E-state index contributed by atoms with van der Waals surface area (Å²) >= 11 is 0. The Balaban J connectivity index is 0.00000210. The van der Waals surface area contributed by atoms with Crippen molar-refractivity contribution in [3.8, 4) is 11.5 Å². The third kappa shape index (κ3) is 4.62. The molecule has 0 radical (unpaired) electrons. The van der Waals surface area contributed by atoms with Crippen LogP contribution in [0.15, 0.2) is 23.1 Å². The van der Waals surface area contributed by atoms with E-state index in [2.05, 4.69) is 30.7 Å². The highest BCUT2D eigenvalue weighted by molar-refractivity contribution is 5.85. The molecular formula is C18H25ClN6O2. The van der Waals surface area contributed by atoms with Crippen molar-refractivity contribution < 1.29 is 9.32 Å². The molecule has 1 saturated carbocycles. The molecule has 9 heteroatoms. The van der Waals surface area contributed by atoms with Crippen LogP contribution in [0, 0.1) is 5.92 Å². The molecule has 3 atom stereocenters. The van der Waals surface area contributed by atoms with Crippen LogP contribution in [0.5, 0.6) is 0 Å². The Morgan fingerprint density at radius 3 is 2.74 bits per heavy atom. The van der Waals surface area contributed by atoms with E-state index in [0.717, 1.165) is 38.8 Å². The first kappa shape index (κ1) is 19.7. The molecule has 27 heavy (non-hydrogen) atoms. The lowest BCUT2D eigenvalue weighted by Crippen LogP contribution is -2.41. The maximum Gasteiger partial charge on any atom is 0.230 e. The Bertz CT molecular complexity index is 740. The maximum absolute atomic E-state index is 12.6. The second-order valence-corrected chi connectivity index (χ2v) is 7.09. The number of nitrogens with one attached hydrogen (secondary N) is 2. The van der Waals surface area contributed by atoms with Gasteiger partial charge in [0.1, 0.15) is 5.69 Å². The van der Waals surface area contributed by atoms with E-state index in [9.17, 15) is 4.79 Å². The van der Waals surface area contributed by atoms with E-state index in [1.54, 1.807) is 18.6 Å². The molecule has 8 nitrogen and oxygen atoms in total. The van der Waals surface area contributed by atoms with Crippen molar-refractivity contribution in [3.05, 3.63) is 24.5 Å². The zero-order chi connectivity index (χ0) is 17.8. The Labute approximate surface area is 164 Å². The fourth-order valence-electron chi connectivity index (χ4n) is 3.91. The van der Waals surface area contributed by atoms with Crippen LogP contribution in [-0.4, -0.2) is 45.1 Å². The van der Waals surface area contributed by atoms with Gasteiger partial charge in [-0.25, -0.2) is 4.98 Å². The molecule has 2 fully saturated rings. The molecular weight excluding hydrogens is 368 g/mol. The average molecular weight is 393 g/mol. The molecule has 1 aliphatic heterocycles. The number of nitrogens with zero attached hydrogens (tertiary/aromatic N) is 4. The van der Waals surface area contributed by atoms with Crippen LogP contribution in [0.1, 0.15) is 50.3 Å². The van der Waals surface area contributed by atoms with Crippen LogP contribution < -0.4 is 10.6 Å². The van der Waals surface area contributed by atoms with E-state index in [1.165, 1.54) is 12.8 Å². The minimum Gasteiger partial charge on any atom is -0.356 e. The summed E-state index contributed by atoms with van der Waals surface area (Å²) in [5, 5.41) is 10.7. The predicted octanol–water partition coefficient (Wildman–Crippen LogP) is 2.09. The van der Waals surface area contributed by atoms with E-state index >= 15 is 0 Å². The number of carbonyl (C=O) groups is 1. The summed E-state index contributed by atoms with van der Waals surface area (Å²) in [6.45, 7) is 1.72. The van der Waals surface area contributed by atoms with Crippen LogP contribution in [0.25, 0.3) is 11.5 Å². The van der Waals surface area contributed by atoms with Crippen LogP contribution in [0.3, 0.4) is 0 Å². The Hall–Kier alpha value is -2.06. The third-order valence-corrected chi connectivity index (χ3v) is 5.29. The predicted molar refractivity (Wildman–Crippen MR) is 101 cm³/mol. The van der Waals surface area contributed by atoms with E-state index in [4.69, 9.17) is 4.52 Å². The van der Waals surface area contributed by atoms with Gasteiger partial charge in [0.25, 0.3) is 0 Å². The minimum atomic E-state index is -0.0510. The Kier molecular flexibility index (Phi) is 6.73. The first-order valence-electron chi connectivity index (χ1n) is 9.42. The fourth-order valence-corrected chi connectivity index (χ4v) is 3.91. The number of amides is 1. The van der Waals surface area contributed by atoms with Crippen molar-refractivity contribution in [1.82, 2.24) is 30.7 Å². The zero-order valence-electron chi connectivity index (χ0n) is 15.1. The van der Waals surface area contributed by atoms with E-state index in [1.807, 2.05) is 0 Å². The van der Waals surface area contributed by atoms with Gasteiger partial charge in [0, 0.05) is 30.9 Å². The molecule has 146 valence electrons. The number of carbonyl (C=O) groups excluding carboxylic acids is 1. The largest absolute Gasteiger partial charge is 0.356 e. The number of rotatable bonds is 2. The molecule has 1 saturated heterocycles. The smallest absolute Gasteiger partial charge is 0.230 e. The van der Waals surface area contributed by atoms with Gasteiger partial charge < -0.3 is 15.2 Å². The van der Waals surface area contributed by atoms with Crippen molar-refractivity contribution in [3.63, 3.8) is 0 Å². The highest BCUT2D eigenvalue weighted by atomic mass is 35.5. The van der Waals surface area contributed by atoms with Crippen LogP contribution >= 0.6 is 12.4 Å². The quantitative estimate of drug-likeness (QED) is 0.805. The average Bonchev–Trinajstić information content (AvgIpc) is 3.31. The molecule has 1 amide bonds. The van der Waals surface area contributed by atoms with Gasteiger partial charge in [0.2, 0.25) is 17.6 Å². The lowest BCUT2D eigenvalue weighted by Gasteiger charge is -2.19. The molecule has 2 aromatic rings. The van der Waals surface area contributed by atoms with Gasteiger partial charge in [-0.2, -0.15) is 4.98 Å². The van der Waals surface area contributed by atoms with Crippen LogP contribution in [0.4, 0.5) is 0 Å². The normalized spacial score (nSPS) is 26.4. The topological polar surface area (TPSA) is 106 Å². The zero-order valence-corrected chi connectivity index (χ0v) is 16.0. The van der Waals surface area contributed by atoms with Gasteiger partial charge in [-0.15, -0.1) is 12.4 Å². The maximum atomic E-state index is 12.6. The molecule has 3 heterocycles. The SMILES string of the molecule is Cl.O=C1NCCCCCCN[C@H]2C[C@H](c3nc(-c4cnccn4)no3)C[C@@H]12. The molecule has 1 aliphatic carbocycles. The van der Waals surface area contributed by atoms with Crippen molar-refractivity contribution in [2.45, 2.75) is 50.5 Å². The van der Waals surface area contributed by atoms with Crippen LogP contribution in [-0.2, 0) is 4.79 Å². The molecule has 2 N–H and O–H groups in total. The number of aromatic nitrogens is 4. The Morgan fingerprint density at radius 2 is 1.93 bits per heavy atom. The van der Waals surface area contributed by atoms with Gasteiger partial charge in [-0.1, -0.05) is 18.0 Å². The minimum absolute atomic E-state index is 0. The summed E-state index contributed by atoms with van der Waals surface area (Å²) in [6, 6.07) is 0.157. The third-order valence-electron chi connectivity index (χ3n) is 5.29. The first-order chi connectivity index (χ1) is 12.8. The van der Waals surface area contributed by atoms with Gasteiger partial charge in [0.05, 0.1) is 12.1 Å². The highest BCUT2D eigenvalue weighted by Gasteiger charge is 2.41. The standard InChI is InChI=1S/C18H24N6O2.ClH/c25-17-13-9-12(10-14(13)20-5-3-1-2-4-6-22-17)18-23-16(24-26-18)15-11-19-7-8-21-15;/h7-8,11-14,20H,1-6,9-10H2,(H,22,25);1H/t12-,13-,14+;/m1./s1. The lowest BCUT2D eigenvalue weighted by molar-refractivity contribution is -0.125. The Morgan fingerprint density at radius 1 is 1.07 bits per heavy atom. The van der Waals surface area contributed by atoms with E-state index < -0.39 is 0 Å². The van der Waals surface area contributed by atoms with Crippen molar-refractivity contribution in [2.75, 3.05) is 13.1 Å². The summed E-state index contributed by atoms with van der Waals surface area (Å²) in [7, 11) is 0. The van der Waals surface area contributed by atoms with Crippen molar-refractivity contribution in [1.29, 1.82) is 0 Å². The molecule has 4 rings (SSSR count). The van der Waals surface area contributed by atoms with Gasteiger partial charge in [0.15, 0.2) is 0 Å². The highest BCUT2D eigenvalue weighted by Crippen LogP contribution is 2.38. The van der Waals surface area contributed by atoms with Gasteiger partial charge >= 0.3 is 0 Å². The number of hydrogen-bond donors (Lipinski definition) is 2. The van der Waals surface area contributed by atoms with E-state index in [0.29, 0.717) is 17.4 Å². The summed E-state index contributed by atoms with van der Waals surface area (Å²) in [6.07, 6.45) is 11.0. The van der Waals surface area contributed by atoms with Crippen LogP contribution in [0.2, 0.25) is 0 Å². The molecule has 2 aromatic heterocycles. The number of fused-ring (bicyclic) bond motifs is 1. The second kappa shape index (κ2) is 9.23. The summed E-state index contributed by atoms with van der Waals surface area (Å²) < 4.78 is 5.49. The number of hydrogen-bond acceptors (Lipinski definition) is 7. The summed E-state index contributed by atoms with van der Waals surface area (Å²) in [4.78, 5) is 25.3. The van der Waals surface area contributed by atoms with Gasteiger partial charge in [-0.05, 0) is 32.2 Å². The summed E-state index contributed by atoms with van der Waals surface area (Å²) in [5.41, 5.74) is 0.589. The second-order valence-electron chi connectivity index (χ2n) is 7.09. The molecule has 0 aromatic carbocycles. The fraction of sp³-hybridized carbons (Fsp3) is 0.611.